The van der Waals surface area contributed by atoms with Gasteiger partial charge in [-0.25, -0.2) is 9.97 Å². The number of benzene rings is 1. The summed E-state index contributed by atoms with van der Waals surface area (Å²) in [6, 6.07) is 5.70. The first-order valence-corrected chi connectivity index (χ1v) is 10.8. The average molecular weight is 429 g/mol. The third kappa shape index (κ3) is 3.55. The maximum Gasteiger partial charge on any atom is 0.262 e. The van der Waals surface area contributed by atoms with Gasteiger partial charge in [0, 0.05) is 29.4 Å². The Labute approximate surface area is 178 Å². The molecule has 1 spiro atoms. The summed E-state index contributed by atoms with van der Waals surface area (Å²) in [4.78, 5) is 23.8. The van der Waals surface area contributed by atoms with E-state index >= 15 is 0 Å². The molecule has 0 bridgehead atoms. The minimum atomic E-state index is -0.165. The Bertz CT molecular complexity index is 979. The lowest BCUT2D eigenvalue weighted by Gasteiger charge is -2.41. The summed E-state index contributed by atoms with van der Waals surface area (Å²) >= 11 is 1.40. The van der Waals surface area contributed by atoms with Crippen LogP contribution in [-0.4, -0.2) is 54.8 Å². The Balaban J connectivity index is 1.28. The van der Waals surface area contributed by atoms with Gasteiger partial charge < -0.3 is 31.2 Å². The summed E-state index contributed by atoms with van der Waals surface area (Å²) in [5, 5.41) is 3.43. The molecule has 5 rings (SSSR count). The monoisotopic (exact) mass is 428 g/mol. The molecular formula is C20H24N6O3S. The molecule has 0 saturated carbocycles. The first-order valence-electron chi connectivity index (χ1n) is 9.98. The predicted octanol–water partition coefficient (Wildman–Crippen LogP) is 1.48. The quantitative estimate of drug-likeness (QED) is 0.666. The number of nitrogens with one attached hydrogen (secondary N) is 1. The second kappa shape index (κ2) is 7.60. The first kappa shape index (κ1) is 19.4. The molecule has 1 aromatic carbocycles. The number of amides is 1. The maximum absolute atomic E-state index is 11.5. The highest BCUT2D eigenvalue weighted by molar-refractivity contribution is 7.99. The van der Waals surface area contributed by atoms with Crippen molar-refractivity contribution in [2.24, 2.45) is 11.1 Å². The number of nitrogens with zero attached hydrogens (tertiary/aromatic N) is 3. The summed E-state index contributed by atoms with van der Waals surface area (Å²) in [5.41, 5.74) is 13.2. The van der Waals surface area contributed by atoms with E-state index in [1.807, 2.05) is 18.2 Å². The Hall–Kier alpha value is -2.56. The highest BCUT2D eigenvalue weighted by Gasteiger charge is 2.44. The van der Waals surface area contributed by atoms with Gasteiger partial charge in [0.15, 0.2) is 12.4 Å². The zero-order valence-corrected chi connectivity index (χ0v) is 17.3. The van der Waals surface area contributed by atoms with Gasteiger partial charge in [0.1, 0.15) is 16.6 Å². The van der Waals surface area contributed by atoms with E-state index in [1.54, 1.807) is 6.20 Å². The fourth-order valence-corrected chi connectivity index (χ4v) is 5.01. The van der Waals surface area contributed by atoms with E-state index in [0.717, 1.165) is 43.3 Å². The van der Waals surface area contributed by atoms with Crippen molar-refractivity contribution in [2.45, 2.75) is 28.8 Å². The lowest BCUT2D eigenvalue weighted by atomic mass is 9.75. The standard InChI is InChI=1S/C20H24N6O3S/c21-15-9-28-11-20(15)3-5-26(6-4-20)16-8-23-19(18(22)25-16)30-12-1-2-14-13(7-12)24-17(27)10-29-14/h1-2,7-8,15H,3-6,9-11,21H2,(H2,22,25)(H,24,27)/t15-/m1/s1. The van der Waals surface area contributed by atoms with Crippen LogP contribution in [0.1, 0.15) is 12.8 Å². The molecule has 1 aromatic heterocycles. The van der Waals surface area contributed by atoms with Crippen LogP contribution in [0.5, 0.6) is 5.75 Å². The molecule has 9 nitrogen and oxygen atoms in total. The van der Waals surface area contributed by atoms with E-state index in [1.165, 1.54) is 11.8 Å². The Morgan fingerprint density at radius 2 is 2.13 bits per heavy atom. The second-order valence-corrected chi connectivity index (χ2v) is 9.05. The van der Waals surface area contributed by atoms with Crippen LogP contribution in [0.2, 0.25) is 0 Å². The van der Waals surface area contributed by atoms with E-state index in [4.69, 9.17) is 20.9 Å². The molecule has 4 heterocycles. The van der Waals surface area contributed by atoms with Crippen LogP contribution in [-0.2, 0) is 9.53 Å². The molecule has 5 N–H and O–H groups in total. The molecule has 3 aliphatic rings. The summed E-state index contributed by atoms with van der Waals surface area (Å²) in [7, 11) is 0. The largest absolute Gasteiger partial charge is 0.482 e. The summed E-state index contributed by atoms with van der Waals surface area (Å²) in [5.74, 6) is 1.66. The number of anilines is 3. The van der Waals surface area contributed by atoms with Gasteiger partial charge in [0.05, 0.1) is 25.1 Å². The highest BCUT2D eigenvalue weighted by Crippen LogP contribution is 2.40. The molecule has 158 valence electrons. The molecule has 0 radical (unpaired) electrons. The van der Waals surface area contributed by atoms with Crippen molar-refractivity contribution < 1.29 is 14.3 Å². The molecule has 2 saturated heterocycles. The molecule has 10 heteroatoms. The van der Waals surface area contributed by atoms with Crippen LogP contribution in [0.3, 0.4) is 0 Å². The number of nitrogen functional groups attached to an aromatic ring is 1. The third-order valence-electron chi connectivity index (χ3n) is 6.11. The second-order valence-electron chi connectivity index (χ2n) is 7.99. The molecule has 1 atom stereocenters. The smallest absolute Gasteiger partial charge is 0.262 e. The van der Waals surface area contributed by atoms with Crippen molar-refractivity contribution in [3.63, 3.8) is 0 Å². The molecule has 1 amide bonds. The van der Waals surface area contributed by atoms with Crippen molar-refractivity contribution in [2.75, 3.05) is 48.9 Å². The van der Waals surface area contributed by atoms with E-state index in [2.05, 4.69) is 20.2 Å². The SMILES string of the molecule is Nc1nc(N2CCC3(CC2)COC[C@H]3N)cnc1Sc1ccc2c(c1)NC(=O)CO2. The van der Waals surface area contributed by atoms with Crippen molar-refractivity contribution in [1.29, 1.82) is 0 Å². The third-order valence-corrected chi connectivity index (χ3v) is 7.10. The number of nitrogens with two attached hydrogens (primary N) is 2. The number of hydrogen-bond donors (Lipinski definition) is 3. The fourth-order valence-electron chi connectivity index (χ4n) is 4.22. The number of ether oxygens (including phenoxy) is 2. The predicted molar refractivity (Wildman–Crippen MR) is 114 cm³/mol. The topological polar surface area (TPSA) is 129 Å². The minimum absolute atomic E-state index is 0.0377. The molecule has 2 fully saturated rings. The zero-order valence-electron chi connectivity index (χ0n) is 16.5. The van der Waals surface area contributed by atoms with E-state index in [9.17, 15) is 4.79 Å². The Kier molecular flexibility index (Phi) is 4.92. The Morgan fingerprint density at radius 1 is 1.30 bits per heavy atom. The van der Waals surface area contributed by atoms with Gasteiger partial charge in [-0.1, -0.05) is 11.8 Å². The van der Waals surface area contributed by atoms with E-state index < -0.39 is 0 Å². The summed E-state index contributed by atoms with van der Waals surface area (Å²) in [6.07, 6.45) is 3.73. The fraction of sp³-hybridized carbons (Fsp3) is 0.450. The molecule has 3 aliphatic heterocycles. The number of piperidine rings is 1. The average Bonchev–Trinajstić information content (AvgIpc) is 3.09. The van der Waals surface area contributed by atoms with Gasteiger partial charge in [-0.05, 0) is 31.0 Å². The normalized spacial score (nSPS) is 22.5. The van der Waals surface area contributed by atoms with Gasteiger partial charge in [0.2, 0.25) is 0 Å². The molecule has 0 unspecified atom stereocenters. The summed E-state index contributed by atoms with van der Waals surface area (Å²) < 4.78 is 11.0. The molecule has 30 heavy (non-hydrogen) atoms. The number of rotatable bonds is 3. The van der Waals surface area contributed by atoms with E-state index in [0.29, 0.717) is 28.9 Å². The number of fused-ring (bicyclic) bond motifs is 1. The van der Waals surface area contributed by atoms with Crippen LogP contribution < -0.4 is 26.4 Å². The number of hydrogen-bond acceptors (Lipinski definition) is 9. The highest BCUT2D eigenvalue weighted by atomic mass is 32.2. The van der Waals surface area contributed by atoms with Gasteiger partial charge >= 0.3 is 0 Å². The molecule has 2 aromatic rings. The van der Waals surface area contributed by atoms with Crippen LogP contribution in [0, 0.1) is 5.41 Å². The number of carbonyl (C=O) groups excluding carboxylic acids is 1. The lowest BCUT2D eigenvalue weighted by molar-refractivity contribution is -0.118. The van der Waals surface area contributed by atoms with Crippen LogP contribution in [0.25, 0.3) is 0 Å². The number of aromatic nitrogens is 2. The summed E-state index contributed by atoms with van der Waals surface area (Å²) in [6.45, 7) is 3.16. The van der Waals surface area contributed by atoms with Crippen LogP contribution in [0.15, 0.2) is 34.3 Å². The van der Waals surface area contributed by atoms with Crippen LogP contribution >= 0.6 is 11.8 Å². The molecular weight excluding hydrogens is 404 g/mol. The van der Waals surface area contributed by atoms with Crippen molar-refractivity contribution in [3.05, 3.63) is 24.4 Å². The molecule has 0 aliphatic carbocycles. The lowest BCUT2D eigenvalue weighted by Crippen LogP contribution is -2.49. The van der Waals surface area contributed by atoms with Crippen molar-refractivity contribution in [1.82, 2.24) is 9.97 Å². The minimum Gasteiger partial charge on any atom is -0.482 e. The van der Waals surface area contributed by atoms with Crippen LogP contribution in [0.4, 0.5) is 17.3 Å². The van der Waals surface area contributed by atoms with Gasteiger partial charge in [-0.15, -0.1) is 0 Å². The van der Waals surface area contributed by atoms with Gasteiger partial charge in [-0.2, -0.15) is 0 Å². The van der Waals surface area contributed by atoms with Gasteiger partial charge in [-0.3, -0.25) is 4.79 Å². The van der Waals surface area contributed by atoms with E-state index in [-0.39, 0.29) is 24.0 Å². The Morgan fingerprint density at radius 3 is 2.87 bits per heavy atom. The zero-order chi connectivity index (χ0) is 20.7. The van der Waals surface area contributed by atoms with Crippen molar-refractivity contribution >= 4 is 35.0 Å². The van der Waals surface area contributed by atoms with Crippen molar-refractivity contribution in [3.8, 4) is 5.75 Å². The first-order chi connectivity index (χ1) is 14.5. The number of carbonyl (C=O) groups is 1. The van der Waals surface area contributed by atoms with Gasteiger partial charge in [0.25, 0.3) is 5.91 Å². The maximum atomic E-state index is 11.5.